The number of carbonyl (C=O) groups excluding carboxylic acids is 1. The number of hydrogen-bond acceptors (Lipinski definition) is 4. The highest BCUT2D eigenvalue weighted by Crippen LogP contribution is 2.19. The number of hydrogen-bond donors (Lipinski definition) is 0. The van der Waals surface area contributed by atoms with Crippen molar-refractivity contribution in [2.45, 2.75) is 25.8 Å². The second-order valence-electron chi connectivity index (χ2n) is 5.18. The molecule has 1 aromatic rings. The van der Waals surface area contributed by atoms with Gasteiger partial charge < -0.3 is 4.90 Å². The Kier molecular flexibility index (Phi) is 4.54. The molecular formula is C14H22N2OS. The van der Waals surface area contributed by atoms with Crippen molar-refractivity contribution in [1.29, 1.82) is 0 Å². The van der Waals surface area contributed by atoms with Crippen LogP contribution in [0.25, 0.3) is 0 Å². The highest BCUT2D eigenvalue weighted by atomic mass is 32.1. The van der Waals surface area contributed by atoms with Crippen LogP contribution >= 0.6 is 11.3 Å². The molecule has 0 saturated carbocycles. The van der Waals surface area contributed by atoms with Gasteiger partial charge in [0, 0.05) is 24.0 Å². The fourth-order valence-electron chi connectivity index (χ4n) is 2.38. The number of likely N-dealkylation sites (N-methyl/N-ethyl adjacent to an activating group) is 1. The second-order valence-corrected chi connectivity index (χ2v) is 6.35. The van der Waals surface area contributed by atoms with Gasteiger partial charge in [-0.2, -0.15) is 0 Å². The van der Waals surface area contributed by atoms with Crippen molar-refractivity contribution >= 4 is 17.1 Å². The Morgan fingerprint density at radius 1 is 1.50 bits per heavy atom. The summed E-state index contributed by atoms with van der Waals surface area (Å²) in [6, 6.07) is 4.66. The molecule has 1 atom stereocenters. The summed E-state index contributed by atoms with van der Waals surface area (Å²) < 4.78 is 0. The van der Waals surface area contributed by atoms with Gasteiger partial charge in [-0.15, -0.1) is 11.3 Å². The van der Waals surface area contributed by atoms with Gasteiger partial charge in [0.25, 0.3) is 0 Å². The first-order valence-electron chi connectivity index (χ1n) is 6.61. The zero-order chi connectivity index (χ0) is 13.1. The summed E-state index contributed by atoms with van der Waals surface area (Å²) in [6.45, 7) is 4.77. The van der Waals surface area contributed by atoms with Crippen LogP contribution in [0.15, 0.2) is 12.1 Å². The minimum atomic E-state index is 0.277. The maximum absolute atomic E-state index is 12.2. The largest absolute Gasteiger partial charge is 0.305 e. The third kappa shape index (κ3) is 3.19. The van der Waals surface area contributed by atoms with E-state index in [-0.39, 0.29) is 5.78 Å². The van der Waals surface area contributed by atoms with E-state index in [0.717, 1.165) is 24.4 Å². The fourth-order valence-corrected chi connectivity index (χ4v) is 3.25. The average Bonchev–Trinajstić information content (AvgIpc) is 2.96. The molecule has 3 nitrogen and oxygen atoms in total. The van der Waals surface area contributed by atoms with E-state index in [1.54, 1.807) is 11.3 Å². The van der Waals surface area contributed by atoms with Crippen molar-refractivity contribution in [2.24, 2.45) is 0 Å². The first-order chi connectivity index (χ1) is 8.60. The maximum Gasteiger partial charge on any atom is 0.186 e. The van der Waals surface area contributed by atoms with Crippen molar-refractivity contribution < 1.29 is 4.79 Å². The molecule has 0 aromatic carbocycles. The lowest BCUT2D eigenvalue weighted by Gasteiger charge is -2.19. The van der Waals surface area contributed by atoms with Gasteiger partial charge in [0.1, 0.15) is 0 Å². The lowest BCUT2D eigenvalue weighted by molar-refractivity contribution is 0.0945. The monoisotopic (exact) mass is 266 g/mol. The zero-order valence-electron chi connectivity index (χ0n) is 11.5. The maximum atomic E-state index is 12.2. The lowest BCUT2D eigenvalue weighted by Crippen LogP contribution is -2.33. The normalized spacial score (nSPS) is 20.8. The van der Waals surface area contributed by atoms with Crippen molar-refractivity contribution in [1.82, 2.24) is 9.80 Å². The van der Waals surface area contributed by atoms with Gasteiger partial charge in [-0.25, -0.2) is 0 Å². The molecule has 1 unspecified atom stereocenters. The predicted molar refractivity (Wildman–Crippen MR) is 76.6 cm³/mol. The van der Waals surface area contributed by atoms with Gasteiger partial charge in [-0.3, -0.25) is 9.69 Å². The van der Waals surface area contributed by atoms with Crippen molar-refractivity contribution in [3.63, 3.8) is 0 Å². The molecule has 0 amide bonds. The van der Waals surface area contributed by atoms with E-state index in [4.69, 9.17) is 0 Å². The van der Waals surface area contributed by atoms with Crippen LogP contribution in [0.5, 0.6) is 0 Å². The summed E-state index contributed by atoms with van der Waals surface area (Å²) in [5.41, 5.74) is 0. The van der Waals surface area contributed by atoms with E-state index >= 15 is 0 Å². The van der Waals surface area contributed by atoms with Crippen molar-refractivity contribution in [2.75, 3.05) is 33.7 Å². The molecular weight excluding hydrogens is 244 g/mol. The molecule has 0 spiro atoms. The zero-order valence-corrected chi connectivity index (χ0v) is 12.3. The number of aryl methyl sites for hydroxylation is 1. The lowest BCUT2D eigenvalue weighted by atomic mass is 10.2. The molecule has 1 aliphatic rings. The smallest absolute Gasteiger partial charge is 0.186 e. The fraction of sp³-hybridized carbons (Fsp3) is 0.643. The standard InChI is InChI=1S/C14H22N2OS/c1-4-12-5-6-14(18-12)13(17)10-16-8-7-11(9-16)15(2)3/h5-6,11H,4,7-10H2,1-3H3. The van der Waals surface area contributed by atoms with Crippen LogP contribution in [0.3, 0.4) is 0 Å². The number of carbonyl (C=O) groups is 1. The van der Waals surface area contributed by atoms with E-state index in [1.807, 2.05) is 6.07 Å². The summed E-state index contributed by atoms with van der Waals surface area (Å²) in [5.74, 6) is 0.277. The molecule has 0 aliphatic carbocycles. The number of nitrogens with zero attached hydrogens (tertiary/aromatic N) is 2. The van der Waals surface area contributed by atoms with Gasteiger partial charge in [0.05, 0.1) is 11.4 Å². The molecule has 100 valence electrons. The Labute approximate surface area is 113 Å². The molecule has 2 rings (SSSR count). The Morgan fingerprint density at radius 3 is 2.83 bits per heavy atom. The van der Waals surface area contributed by atoms with E-state index in [0.29, 0.717) is 12.6 Å². The van der Waals surface area contributed by atoms with Crippen molar-refractivity contribution in [3.05, 3.63) is 21.9 Å². The van der Waals surface area contributed by atoms with E-state index in [9.17, 15) is 4.79 Å². The van der Waals surface area contributed by atoms with Crippen molar-refractivity contribution in [3.8, 4) is 0 Å². The van der Waals surface area contributed by atoms with Gasteiger partial charge in [0.2, 0.25) is 0 Å². The third-order valence-corrected chi connectivity index (χ3v) is 4.90. The SMILES string of the molecule is CCc1ccc(C(=O)CN2CCC(N(C)C)C2)s1. The first kappa shape index (κ1) is 13.7. The number of Topliss-reactive ketones (excluding diaryl/α,β-unsaturated/α-hetero) is 1. The number of rotatable bonds is 5. The Bertz CT molecular complexity index is 414. The molecule has 0 N–H and O–H groups in total. The van der Waals surface area contributed by atoms with E-state index < -0.39 is 0 Å². The van der Waals surface area contributed by atoms with Crippen LogP contribution in [0.1, 0.15) is 27.9 Å². The van der Waals surface area contributed by atoms with E-state index in [2.05, 4.69) is 36.9 Å². The van der Waals surface area contributed by atoms with Crippen LogP contribution in [-0.4, -0.2) is 55.4 Å². The van der Waals surface area contributed by atoms with Gasteiger partial charge in [0.15, 0.2) is 5.78 Å². The van der Waals surface area contributed by atoms with Crippen LogP contribution < -0.4 is 0 Å². The second kappa shape index (κ2) is 5.95. The predicted octanol–water partition coefficient (Wildman–Crippen LogP) is 2.13. The van der Waals surface area contributed by atoms with E-state index in [1.165, 1.54) is 11.3 Å². The van der Waals surface area contributed by atoms with Gasteiger partial charge in [-0.05, 0) is 39.1 Å². The van der Waals surface area contributed by atoms with Crippen LogP contribution in [0.2, 0.25) is 0 Å². The van der Waals surface area contributed by atoms with Crippen LogP contribution in [-0.2, 0) is 6.42 Å². The molecule has 1 aromatic heterocycles. The average molecular weight is 266 g/mol. The minimum Gasteiger partial charge on any atom is -0.305 e. The number of thiophene rings is 1. The van der Waals surface area contributed by atoms with Gasteiger partial charge in [-0.1, -0.05) is 6.92 Å². The first-order valence-corrected chi connectivity index (χ1v) is 7.42. The number of ketones is 1. The Hall–Kier alpha value is -0.710. The van der Waals surface area contributed by atoms with Gasteiger partial charge >= 0.3 is 0 Å². The topological polar surface area (TPSA) is 23.6 Å². The summed E-state index contributed by atoms with van der Waals surface area (Å²) in [4.78, 5) is 18.9. The Morgan fingerprint density at radius 2 is 2.28 bits per heavy atom. The van der Waals surface area contributed by atoms with Crippen LogP contribution in [0, 0.1) is 0 Å². The van der Waals surface area contributed by atoms with Crippen LogP contribution in [0.4, 0.5) is 0 Å². The molecule has 0 bridgehead atoms. The summed E-state index contributed by atoms with van der Waals surface area (Å²) in [5, 5.41) is 0. The third-order valence-electron chi connectivity index (χ3n) is 3.63. The molecule has 1 aliphatic heterocycles. The highest BCUT2D eigenvalue weighted by Gasteiger charge is 2.25. The molecule has 2 heterocycles. The molecule has 1 saturated heterocycles. The molecule has 18 heavy (non-hydrogen) atoms. The highest BCUT2D eigenvalue weighted by molar-refractivity contribution is 7.14. The summed E-state index contributed by atoms with van der Waals surface area (Å²) in [7, 11) is 4.23. The quantitative estimate of drug-likeness (QED) is 0.763. The molecule has 4 heteroatoms. The summed E-state index contributed by atoms with van der Waals surface area (Å²) in [6.07, 6.45) is 2.19. The Balaban J connectivity index is 1.88. The summed E-state index contributed by atoms with van der Waals surface area (Å²) >= 11 is 1.64. The number of likely N-dealkylation sites (tertiary alicyclic amines) is 1. The molecule has 1 fully saturated rings. The minimum absolute atomic E-state index is 0.277. The molecule has 0 radical (unpaired) electrons.